The zero-order valence-electron chi connectivity index (χ0n) is 12.2. The van der Waals surface area contributed by atoms with Gasteiger partial charge in [-0.1, -0.05) is 0 Å². The molecule has 8 heteroatoms. The van der Waals surface area contributed by atoms with Crippen molar-refractivity contribution in [1.29, 1.82) is 5.26 Å². The van der Waals surface area contributed by atoms with Gasteiger partial charge in [-0.05, 0) is 64.1 Å². The van der Waals surface area contributed by atoms with E-state index in [2.05, 4.69) is 21.2 Å². The second-order valence-corrected chi connectivity index (χ2v) is 6.05. The molecule has 1 amide bonds. The van der Waals surface area contributed by atoms with Crippen molar-refractivity contribution in [3.05, 3.63) is 52.9 Å². The second kappa shape index (κ2) is 8.96. The lowest BCUT2D eigenvalue weighted by atomic mass is 10.3. The van der Waals surface area contributed by atoms with Gasteiger partial charge in [0.1, 0.15) is 11.2 Å². The first kappa shape index (κ1) is 17.8. The van der Waals surface area contributed by atoms with E-state index in [-0.39, 0.29) is 0 Å². The number of nitrogens with zero attached hydrogens (tertiary/aromatic N) is 1. The average Bonchev–Trinajstić information content (AvgIpc) is 3.07. The van der Waals surface area contributed by atoms with E-state index in [9.17, 15) is 9.59 Å². The smallest absolute Gasteiger partial charge is 0.331 e. The molecule has 2 rings (SSSR count). The van der Waals surface area contributed by atoms with Gasteiger partial charge in [0.15, 0.2) is 6.61 Å². The summed E-state index contributed by atoms with van der Waals surface area (Å²) in [7, 11) is 0. The Morgan fingerprint density at radius 3 is 2.92 bits per heavy atom. The Bertz CT molecular complexity index is 797. The van der Waals surface area contributed by atoms with E-state index >= 15 is 0 Å². The molecule has 0 spiro atoms. The molecule has 0 atom stereocenters. The highest BCUT2D eigenvalue weighted by Gasteiger charge is 2.09. The number of thiocyanates is 1. The lowest BCUT2D eigenvalue weighted by Gasteiger charge is -2.08. The molecule has 1 aromatic carbocycles. The van der Waals surface area contributed by atoms with Crippen LogP contribution in [0.5, 0.6) is 0 Å². The molecule has 0 unspecified atom stereocenters. The molecular formula is C16H11BrN2O4S. The third-order valence-corrected chi connectivity index (χ3v) is 3.89. The van der Waals surface area contributed by atoms with E-state index < -0.39 is 18.5 Å². The van der Waals surface area contributed by atoms with E-state index in [1.807, 2.05) is 5.40 Å². The lowest BCUT2D eigenvalue weighted by molar-refractivity contribution is -0.142. The van der Waals surface area contributed by atoms with E-state index in [1.54, 1.807) is 30.3 Å². The molecule has 0 fully saturated rings. The van der Waals surface area contributed by atoms with Crippen molar-refractivity contribution < 1.29 is 18.7 Å². The van der Waals surface area contributed by atoms with Crippen LogP contribution in [0.15, 0.2) is 56.5 Å². The van der Waals surface area contributed by atoms with Gasteiger partial charge in [0.05, 0.1) is 12.0 Å². The molecule has 1 aromatic heterocycles. The van der Waals surface area contributed by atoms with Crippen LogP contribution in [0.4, 0.5) is 5.69 Å². The number of carbonyl (C=O) groups is 2. The number of hydrogen-bond acceptors (Lipinski definition) is 6. The molecule has 0 aliphatic carbocycles. The first-order valence-electron chi connectivity index (χ1n) is 6.62. The van der Waals surface area contributed by atoms with Crippen molar-refractivity contribution in [3.63, 3.8) is 0 Å². The van der Waals surface area contributed by atoms with Crippen molar-refractivity contribution >= 4 is 51.3 Å². The molecule has 0 bridgehead atoms. The fraction of sp³-hybridized carbons (Fsp3) is 0.0625. The molecule has 0 aliphatic rings. The molecule has 0 radical (unpaired) electrons. The number of rotatable bonds is 6. The van der Waals surface area contributed by atoms with Gasteiger partial charge in [-0.3, -0.25) is 4.79 Å². The van der Waals surface area contributed by atoms with Crippen molar-refractivity contribution in [3.8, 4) is 5.40 Å². The zero-order valence-corrected chi connectivity index (χ0v) is 14.6. The van der Waals surface area contributed by atoms with Crippen LogP contribution < -0.4 is 5.32 Å². The number of ether oxygens (including phenoxy) is 1. The minimum atomic E-state index is -0.651. The quantitative estimate of drug-likeness (QED) is 0.339. The maximum Gasteiger partial charge on any atom is 0.331 e. The van der Waals surface area contributed by atoms with E-state index in [0.29, 0.717) is 15.9 Å². The molecule has 6 nitrogen and oxygen atoms in total. The summed E-state index contributed by atoms with van der Waals surface area (Å²) >= 11 is 4.32. The van der Waals surface area contributed by atoms with Gasteiger partial charge in [0, 0.05) is 15.4 Å². The molecule has 2 aromatic rings. The Kier molecular flexibility index (Phi) is 6.66. The number of thioether (sulfide) groups is 1. The molecule has 0 aliphatic heterocycles. The Hall–Kier alpha value is -2.50. The fourth-order valence-electron chi connectivity index (χ4n) is 1.62. The Labute approximate surface area is 150 Å². The molecule has 1 heterocycles. The van der Waals surface area contributed by atoms with Crippen LogP contribution in [0.25, 0.3) is 6.08 Å². The van der Waals surface area contributed by atoms with Gasteiger partial charge in [-0.2, -0.15) is 5.26 Å². The zero-order chi connectivity index (χ0) is 17.4. The van der Waals surface area contributed by atoms with Gasteiger partial charge in [-0.25, -0.2) is 4.79 Å². The first-order valence-corrected chi connectivity index (χ1v) is 8.23. The number of amides is 1. The number of carbonyl (C=O) groups excluding carboxylic acids is 2. The number of halogens is 1. The standard InChI is InChI=1S/C16H11BrN2O4S/c17-13-8-12(24-10-18)4-5-14(13)19-15(20)9-23-16(21)6-3-11-2-1-7-22-11/h1-8H,9H2,(H,19,20)/b6-3+. The summed E-state index contributed by atoms with van der Waals surface area (Å²) in [5.74, 6) is -0.617. The summed E-state index contributed by atoms with van der Waals surface area (Å²) in [6.07, 6.45) is 4.11. The van der Waals surface area contributed by atoms with Crippen LogP contribution in [0.2, 0.25) is 0 Å². The van der Waals surface area contributed by atoms with Crippen LogP contribution in [-0.4, -0.2) is 18.5 Å². The highest BCUT2D eigenvalue weighted by molar-refractivity contribution is 9.10. The largest absolute Gasteiger partial charge is 0.465 e. The maximum atomic E-state index is 11.8. The van der Waals surface area contributed by atoms with E-state index in [4.69, 9.17) is 14.4 Å². The summed E-state index contributed by atoms with van der Waals surface area (Å²) in [6, 6.07) is 8.44. The number of furan rings is 1. The van der Waals surface area contributed by atoms with Crippen molar-refractivity contribution in [2.24, 2.45) is 0 Å². The highest BCUT2D eigenvalue weighted by Crippen LogP contribution is 2.28. The monoisotopic (exact) mass is 406 g/mol. The number of benzene rings is 1. The molecule has 0 saturated heterocycles. The maximum absolute atomic E-state index is 11.8. The van der Waals surface area contributed by atoms with Crippen LogP contribution in [0.3, 0.4) is 0 Å². The first-order chi connectivity index (χ1) is 11.6. The van der Waals surface area contributed by atoms with Crippen molar-refractivity contribution in [2.75, 3.05) is 11.9 Å². The SMILES string of the molecule is N#CSc1ccc(NC(=O)COC(=O)/C=C/c2ccco2)c(Br)c1. The summed E-state index contributed by atoms with van der Waals surface area (Å²) in [5, 5.41) is 13.2. The Balaban J connectivity index is 1.83. The molecule has 24 heavy (non-hydrogen) atoms. The Morgan fingerprint density at radius 1 is 1.42 bits per heavy atom. The van der Waals surface area contributed by atoms with E-state index in [0.717, 1.165) is 16.7 Å². The van der Waals surface area contributed by atoms with Crippen LogP contribution in [0.1, 0.15) is 5.76 Å². The number of nitrogens with one attached hydrogen (secondary N) is 1. The lowest BCUT2D eigenvalue weighted by Crippen LogP contribution is -2.20. The van der Waals surface area contributed by atoms with Gasteiger partial charge < -0.3 is 14.5 Å². The fourth-order valence-corrected chi connectivity index (χ4v) is 2.67. The van der Waals surface area contributed by atoms with Crippen LogP contribution in [0, 0.1) is 10.7 Å². The van der Waals surface area contributed by atoms with Gasteiger partial charge >= 0.3 is 5.97 Å². The molecule has 1 N–H and O–H groups in total. The third kappa shape index (κ3) is 5.61. The minimum absolute atomic E-state index is 0.414. The highest BCUT2D eigenvalue weighted by atomic mass is 79.9. The van der Waals surface area contributed by atoms with Crippen molar-refractivity contribution in [1.82, 2.24) is 0 Å². The molecule has 0 saturated carbocycles. The summed E-state index contributed by atoms with van der Waals surface area (Å²) in [4.78, 5) is 24.1. The Morgan fingerprint density at radius 2 is 2.25 bits per heavy atom. The van der Waals surface area contributed by atoms with E-state index in [1.165, 1.54) is 18.4 Å². The molecular weight excluding hydrogens is 396 g/mol. The van der Waals surface area contributed by atoms with Gasteiger partial charge in [0.25, 0.3) is 5.91 Å². The molecule has 122 valence electrons. The number of nitriles is 1. The average molecular weight is 407 g/mol. The number of anilines is 1. The summed E-state index contributed by atoms with van der Waals surface area (Å²) < 4.78 is 10.5. The normalized spacial score (nSPS) is 10.3. The predicted molar refractivity (Wildman–Crippen MR) is 92.9 cm³/mol. The predicted octanol–water partition coefficient (Wildman–Crippen LogP) is 3.81. The van der Waals surface area contributed by atoms with Crippen LogP contribution >= 0.6 is 27.7 Å². The van der Waals surface area contributed by atoms with Gasteiger partial charge in [0.2, 0.25) is 0 Å². The second-order valence-electron chi connectivity index (χ2n) is 4.34. The summed E-state index contributed by atoms with van der Waals surface area (Å²) in [5.41, 5.74) is 0.518. The topological polar surface area (TPSA) is 92.3 Å². The number of esters is 1. The summed E-state index contributed by atoms with van der Waals surface area (Å²) in [6.45, 7) is -0.414. The van der Waals surface area contributed by atoms with Gasteiger partial charge in [-0.15, -0.1) is 0 Å². The minimum Gasteiger partial charge on any atom is -0.465 e. The number of hydrogen-bond donors (Lipinski definition) is 1. The van der Waals surface area contributed by atoms with Crippen LogP contribution in [-0.2, 0) is 14.3 Å². The third-order valence-electron chi connectivity index (χ3n) is 2.65. The van der Waals surface area contributed by atoms with Crippen molar-refractivity contribution in [2.45, 2.75) is 4.90 Å².